The topological polar surface area (TPSA) is 90.5 Å². The minimum atomic E-state index is -0.427. The van der Waals surface area contributed by atoms with Gasteiger partial charge in [-0.25, -0.2) is 0 Å². The molecule has 1 aromatic rings. The second-order valence-electron chi connectivity index (χ2n) is 6.70. The van der Waals surface area contributed by atoms with Crippen molar-refractivity contribution < 1.29 is 14.3 Å². The summed E-state index contributed by atoms with van der Waals surface area (Å²) in [4.78, 5) is 25.5. The molecule has 132 valence electrons. The van der Waals surface area contributed by atoms with E-state index in [1.807, 2.05) is 28.8 Å². The normalized spacial score (nSPS) is 25.1. The van der Waals surface area contributed by atoms with Gasteiger partial charge in [-0.3, -0.25) is 14.3 Å². The van der Waals surface area contributed by atoms with Crippen LogP contribution in [0.4, 0.5) is 0 Å². The summed E-state index contributed by atoms with van der Waals surface area (Å²) in [5.74, 6) is 0.187. The van der Waals surface area contributed by atoms with Crippen molar-refractivity contribution in [1.82, 2.24) is 14.7 Å². The Balaban J connectivity index is 1.46. The fourth-order valence-electron chi connectivity index (χ4n) is 3.68. The van der Waals surface area contributed by atoms with E-state index in [2.05, 4.69) is 5.10 Å². The van der Waals surface area contributed by atoms with Crippen molar-refractivity contribution in [3.8, 4) is 0 Å². The second-order valence-corrected chi connectivity index (χ2v) is 6.70. The van der Waals surface area contributed by atoms with Crippen molar-refractivity contribution in [3.63, 3.8) is 0 Å². The fraction of sp³-hybridized carbons (Fsp3) is 0.706. The van der Waals surface area contributed by atoms with Crippen molar-refractivity contribution in [2.24, 2.45) is 11.7 Å². The Morgan fingerprint density at radius 2 is 2.04 bits per heavy atom. The number of amides is 2. The first kappa shape index (κ1) is 17.0. The molecule has 0 unspecified atom stereocenters. The zero-order valence-corrected chi connectivity index (χ0v) is 14.2. The average molecular weight is 334 g/mol. The Morgan fingerprint density at radius 3 is 2.62 bits per heavy atom. The number of aromatic nitrogens is 2. The molecule has 0 radical (unpaired) electrons. The summed E-state index contributed by atoms with van der Waals surface area (Å²) in [6.07, 6.45) is 5.41. The number of nitrogens with two attached hydrogens (primary N) is 1. The second kappa shape index (κ2) is 7.34. The number of carbonyl (C=O) groups is 2. The van der Waals surface area contributed by atoms with Crippen LogP contribution in [-0.4, -0.2) is 51.8 Å². The smallest absolute Gasteiger partial charge is 0.246 e. The van der Waals surface area contributed by atoms with E-state index in [0.29, 0.717) is 12.3 Å². The molecule has 7 heteroatoms. The number of piperidine rings is 1. The van der Waals surface area contributed by atoms with E-state index in [1.165, 1.54) is 0 Å². The largest absolute Gasteiger partial charge is 0.367 e. The number of nitrogens with zero attached hydrogens (tertiary/aromatic N) is 3. The van der Waals surface area contributed by atoms with Crippen LogP contribution in [0.5, 0.6) is 0 Å². The number of aryl methyl sites for hydroxylation is 1. The molecular formula is C17H26N4O3. The molecule has 2 atom stereocenters. The first-order valence-corrected chi connectivity index (χ1v) is 8.81. The maximum absolute atomic E-state index is 12.4. The van der Waals surface area contributed by atoms with Crippen LogP contribution in [0.1, 0.15) is 38.3 Å². The lowest BCUT2D eigenvalue weighted by atomic mass is 9.89. The van der Waals surface area contributed by atoms with Gasteiger partial charge >= 0.3 is 0 Å². The molecule has 2 aliphatic heterocycles. The molecule has 2 fully saturated rings. The van der Waals surface area contributed by atoms with Crippen molar-refractivity contribution in [2.45, 2.75) is 57.8 Å². The third kappa shape index (κ3) is 3.77. The summed E-state index contributed by atoms with van der Waals surface area (Å²) in [7, 11) is 0. The van der Waals surface area contributed by atoms with Gasteiger partial charge in [0.05, 0.1) is 18.2 Å². The van der Waals surface area contributed by atoms with Crippen molar-refractivity contribution in [3.05, 3.63) is 18.0 Å². The summed E-state index contributed by atoms with van der Waals surface area (Å²) < 4.78 is 7.61. The van der Waals surface area contributed by atoms with Gasteiger partial charge in [0.1, 0.15) is 6.10 Å². The van der Waals surface area contributed by atoms with Gasteiger partial charge in [-0.2, -0.15) is 5.10 Å². The monoisotopic (exact) mass is 334 g/mol. The van der Waals surface area contributed by atoms with E-state index in [0.717, 1.165) is 51.0 Å². The van der Waals surface area contributed by atoms with Gasteiger partial charge in [0.2, 0.25) is 11.8 Å². The van der Waals surface area contributed by atoms with Gasteiger partial charge in [-0.1, -0.05) is 0 Å². The predicted octanol–water partition coefficient (Wildman–Crippen LogP) is 0.717. The predicted molar refractivity (Wildman–Crippen MR) is 88.0 cm³/mol. The van der Waals surface area contributed by atoms with Crippen LogP contribution in [0.15, 0.2) is 12.3 Å². The highest BCUT2D eigenvalue weighted by molar-refractivity contribution is 5.79. The van der Waals surface area contributed by atoms with E-state index < -0.39 is 6.10 Å². The minimum absolute atomic E-state index is 0.111. The lowest BCUT2D eigenvalue weighted by Crippen LogP contribution is -2.42. The Morgan fingerprint density at radius 1 is 1.29 bits per heavy atom. The van der Waals surface area contributed by atoms with Crippen LogP contribution in [0.3, 0.4) is 0 Å². The third-order valence-electron chi connectivity index (χ3n) is 5.14. The molecular weight excluding hydrogens is 308 g/mol. The van der Waals surface area contributed by atoms with Crippen LogP contribution in [0.2, 0.25) is 0 Å². The third-order valence-corrected chi connectivity index (χ3v) is 5.14. The molecule has 3 heterocycles. The highest BCUT2D eigenvalue weighted by atomic mass is 16.5. The van der Waals surface area contributed by atoms with Gasteiger partial charge in [-0.15, -0.1) is 0 Å². The molecule has 0 aliphatic carbocycles. The van der Waals surface area contributed by atoms with Crippen molar-refractivity contribution in [2.75, 3.05) is 13.1 Å². The van der Waals surface area contributed by atoms with Crippen molar-refractivity contribution in [1.29, 1.82) is 0 Å². The maximum Gasteiger partial charge on any atom is 0.246 e. The first-order chi connectivity index (χ1) is 11.6. The number of hydrogen-bond donors (Lipinski definition) is 1. The molecule has 2 saturated heterocycles. The molecule has 0 spiro atoms. The summed E-state index contributed by atoms with van der Waals surface area (Å²) in [5, 5.41) is 4.37. The highest BCUT2D eigenvalue weighted by Crippen LogP contribution is 2.31. The zero-order valence-electron chi connectivity index (χ0n) is 14.2. The summed E-state index contributed by atoms with van der Waals surface area (Å²) in [6, 6.07) is 1.91. The summed E-state index contributed by atoms with van der Waals surface area (Å²) in [6.45, 7) is 4.34. The highest BCUT2D eigenvalue weighted by Gasteiger charge is 2.36. The molecule has 24 heavy (non-hydrogen) atoms. The Labute approximate surface area is 142 Å². The number of rotatable bonds is 5. The number of hydrogen-bond acceptors (Lipinski definition) is 4. The van der Waals surface area contributed by atoms with Crippen LogP contribution in [0.25, 0.3) is 0 Å². The number of ether oxygens (including phenoxy) is 1. The van der Waals surface area contributed by atoms with Gasteiger partial charge in [-0.05, 0) is 44.6 Å². The molecule has 7 nitrogen and oxygen atoms in total. The molecule has 2 N–H and O–H groups in total. The maximum atomic E-state index is 12.4. The minimum Gasteiger partial charge on any atom is -0.367 e. The number of carbonyl (C=O) groups excluding carboxylic acids is 2. The molecule has 3 rings (SSSR count). The molecule has 0 aromatic carbocycles. The zero-order chi connectivity index (χ0) is 17.1. The van der Waals surface area contributed by atoms with E-state index in [9.17, 15) is 9.59 Å². The van der Waals surface area contributed by atoms with E-state index >= 15 is 0 Å². The van der Waals surface area contributed by atoms with Gasteiger partial charge in [0.25, 0.3) is 0 Å². The van der Waals surface area contributed by atoms with Crippen LogP contribution < -0.4 is 5.73 Å². The Hall–Kier alpha value is -1.89. The Bertz CT molecular complexity index is 592. The first-order valence-electron chi connectivity index (χ1n) is 8.81. The lowest BCUT2D eigenvalue weighted by molar-refractivity contribution is -0.133. The van der Waals surface area contributed by atoms with Gasteiger partial charge in [0, 0.05) is 25.8 Å². The van der Waals surface area contributed by atoms with Crippen LogP contribution >= 0.6 is 0 Å². The summed E-state index contributed by atoms with van der Waals surface area (Å²) >= 11 is 0. The SMILES string of the molecule is CCn1ccc(CC(=O)N2CCC([C@@H]3CC[C@H](C(N)=O)O3)CC2)n1. The van der Waals surface area contributed by atoms with E-state index in [-0.39, 0.29) is 17.9 Å². The van der Waals surface area contributed by atoms with Crippen molar-refractivity contribution >= 4 is 11.8 Å². The molecule has 2 amide bonds. The molecule has 0 saturated carbocycles. The number of primary amides is 1. The average Bonchev–Trinajstić information content (AvgIpc) is 3.24. The molecule has 2 aliphatic rings. The summed E-state index contributed by atoms with van der Waals surface area (Å²) in [5.41, 5.74) is 6.14. The van der Waals surface area contributed by atoms with Gasteiger partial charge < -0.3 is 15.4 Å². The molecule has 1 aromatic heterocycles. The van der Waals surface area contributed by atoms with E-state index in [4.69, 9.17) is 10.5 Å². The van der Waals surface area contributed by atoms with Gasteiger partial charge in [0.15, 0.2) is 0 Å². The standard InChI is InChI=1S/C17H26N4O3/c1-2-21-10-7-13(19-21)11-16(22)20-8-5-12(6-9-20)14-3-4-15(24-14)17(18)23/h7,10,12,14-15H,2-6,8-9,11H2,1H3,(H2,18,23)/t14-,15+/m0/s1. The lowest BCUT2D eigenvalue weighted by Gasteiger charge is -2.34. The van der Waals surface area contributed by atoms with Crippen LogP contribution in [-0.2, 0) is 27.3 Å². The van der Waals surface area contributed by atoms with E-state index in [1.54, 1.807) is 0 Å². The Kier molecular flexibility index (Phi) is 5.18. The van der Waals surface area contributed by atoms with Crippen LogP contribution in [0, 0.1) is 5.92 Å². The fourth-order valence-corrected chi connectivity index (χ4v) is 3.68. The number of likely N-dealkylation sites (tertiary alicyclic amines) is 1. The molecule has 0 bridgehead atoms. The quantitative estimate of drug-likeness (QED) is 0.859.